The summed E-state index contributed by atoms with van der Waals surface area (Å²) in [4.78, 5) is 51.4. The minimum absolute atomic E-state index is 0.0655. The van der Waals surface area contributed by atoms with Crippen LogP contribution in [0.4, 0.5) is 9.59 Å². The van der Waals surface area contributed by atoms with E-state index >= 15 is 0 Å². The number of amides is 4. The van der Waals surface area contributed by atoms with Crippen LogP contribution in [0, 0.1) is 11.8 Å². The molecule has 9 nitrogen and oxygen atoms in total. The zero-order chi connectivity index (χ0) is 30.9. The molecule has 0 aliphatic heterocycles. The maximum Gasteiger partial charge on any atom is 0.407 e. The van der Waals surface area contributed by atoms with Gasteiger partial charge < -0.3 is 20.1 Å². The fourth-order valence-electron chi connectivity index (χ4n) is 5.20. The Morgan fingerprint density at radius 1 is 0.744 bits per heavy atom. The quantitative estimate of drug-likeness (QED) is 0.254. The standard InChI is InChI=1S/C34H39N3O6/c1-21(2)18-29(32(39)42-19-23-12-6-5-7-13-23)35-33(40)37-31(38)30(22(3)4)36-34(41)43-20-28-26-16-10-8-14-24(26)25-15-9-11-17-27(25)28/h5-17,21-22,28-30H,18-20H2,1-4H3,(H,36,41)(H2,35,37,38,40)/t29-,30-/m0/s1. The van der Waals surface area contributed by atoms with Crippen molar-refractivity contribution in [3.63, 3.8) is 0 Å². The molecule has 0 radical (unpaired) electrons. The Balaban J connectivity index is 1.32. The van der Waals surface area contributed by atoms with Gasteiger partial charge in [0.2, 0.25) is 0 Å². The Bertz CT molecular complexity index is 1390. The first-order valence-electron chi connectivity index (χ1n) is 14.6. The van der Waals surface area contributed by atoms with Gasteiger partial charge in [0.15, 0.2) is 0 Å². The molecule has 43 heavy (non-hydrogen) atoms. The van der Waals surface area contributed by atoms with Crippen molar-refractivity contribution >= 4 is 24.0 Å². The number of rotatable bonds is 11. The van der Waals surface area contributed by atoms with Gasteiger partial charge in [-0.2, -0.15) is 0 Å². The van der Waals surface area contributed by atoms with E-state index in [1.54, 1.807) is 13.8 Å². The van der Waals surface area contributed by atoms with Crippen LogP contribution in [0.2, 0.25) is 0 Å². The van der Waals surface area contributed by atoms with Crippen LogP contribution in [-0.2, 0) is 25.7 Å². The summed E-state index contributed by atoms with van der Waals surface area (Å²) in [6.45, 7) is 7.47. The van der Waals surface area contributed by atoms with E-state index in [1.165, 1.54) is 0 Å². The molecule has 3 N–H and O–H groups in total. The Morgan fingerprint density at radius 2 is 1.33 bits per heavy atom. The van der Waals surface area contributed by atoms with Gasteiger partial charge in [-0.25, -0.2) is 14.4 Å². The van der Waals surface area contributed by atoms with Crippen molar-refractivity contribution < 1.29 is 28.7 Å². The van der Waals surface area contributed by atoms with E-state index in [9.17, 15) is 19.2 Å². The second kappa shape index (κ2) is 14.5. The molecule has 0 fully saturated rings. The second-order valence-electron chi connectivity index (χ2n) is 11.4. The predicted molar refractivity (Wildman–Crippen MR) is 163 cm³/mol. The number of ether oxygens (including phenoxy) is 2. The first-order valence-corrected chi connectivity index (χ1v) is 14.6. The number of fused-ring (bicyclic) bond motifs is 3. The number of hydrogen-bond acceptors (Lipinski definition) is 6. The van der Waals surface area contributed by atoms with Gasteiger partial charge >= 0.3 is 18.1 Å². The number of nitrogens with one attached hydrogen (secondary N) is 3. The molecule has 2 atom stereocenters. The molecule has 1 aliphatic carbocycles. The number of carbonyl (C=O) groups excluding carboxylic acids is 4. The highest BCUT2D eigenvalue weighted by Gasteiger charge is 2.31. The molecular formula is C34H39N3O6. The van der Waals surface area contributed by atoms with Crippen LogP contribution in [0.3, 0.4) is 0 Å². The van der Waals surface area contributed by atoms with Crippen molar-refractivity contribution in [3.05, 3.63) is 95.6 Å². The monoisotopic (exact) mass is 585 g/mol. The highest BCUT2D eigenvalue weighted by molar-refractivity contribution is 5.99. The molecule has 0 saturated carbocycles. The highest BCUT2D eigenvalue weighted by atomic mass is 16.5. The lowest BCUT2D eigenvalue weighted by molar-refractivity contribution is -0.147. The van der Waals surface area contributed by atoms with E-state index in [2.05, 4.69) is 16.0 Å². The van der Waals surface area contributed by atoms with Gasteiger partial charge in [0, 0.05) is 5.92 Å². The lowest BCUT2D eigenvalue weighted by Crippen LogP contribution is -2.55. The van der Waals surface area contributed by atoms with Gasteiger partial charge in [-0.3, -0.25) is 10.1 Å². The Labute approximate surface area is 252 Å². The van der Waals surface area contributed by atoms with Gasteiger partial charge in [-0.1, -0.05) is 107 Å². The summed E-state index contributed by atoms with van der Waals surface area (Å²) in [6.07, 6.45) is -0.445. The summed E-state index contributed by atoms with van der Waals surface area (Å²) in [7, 11) is 0. The van der Waals surface area contributed by atoms with Crippen LogP contribution < -0.4 is 16.0 Å². The van der Waals surface area contributed by atoms with Crippen LogP contribution in [0.15, 0.2) is 78.9 Å². The first kappa shape index (κ1) is 31.3. The Morgan fingerprint density at radius 3 is 1.91 bits per heavy atom. The number of esters is 1. The fourth-order valence-corrected chi connectivity index (χ4v) is 5.20. The third kappa shape index (κ3) is 8.22. The number of urea groups is 1. The van der Waals surface area contributed by atoms with Crippen LogP contribution in [0.1, 0.15) is 56.7 Å². The minimum atomic E-state index is -1.05. The zero-order valence-corrected chi connectivity index (χ0v) is 25.0. The van der Waals surface area contributed by atoms with E-state index in [0.717, 1.165) is 27.8 Å². The lowest BCUT2D eigenvalue weighted by Gasteiger charge is -2.23. The van der Waals surface area contributed by atoms with E-state index in [4.69, 9.17) is 9.47 Å². The number of imide groups is 1. The first-order chi connectivity index (χ1) is 20.6. The summed E-state index contributed by atoms with van der Waals surface area (Å²) in [5, 5.41) is 7.40. The van der Waals surface area contributed by atoms with E-state index in [0.29, 0.717) is 6.42 Å². The third-order valence-electron chi connectivity index (χ3n) is 7.32. The summed E-state index contributed by atoms with van der Waals surface area (Å²) in [5.41, 5.74) is 5.18. The smallest absolute Gasteiger partial charge is 0.407 e. The van der Waals surface area contributed by atoms with Gasteiger partial charge in [-0.05, 0) is 46.1 Å². The molecule has 4 rings (SSSR count). The SMILES string of the molecule is CC(C)C[C@H](NC(=O)NC(=O)[C@@H](NC(=O)OCC1c2ccccc2-c2ccccc21)C(C)C)C(=O)OCc1ccccc1. The molecule has 3 aromatic carbocycles. The lowest BCUT2D eigenvalue weighted by atomic mass is 9.98. The molecule has 0 aromatic heterocycles. The Kier molecular flexibility index (Phi) is 10.5. The maximum absolute atomic E-state index is 13.0. The molecule has 0 bridgehead atoms. The molecule has 0 heterocycles. The van der Waals surface area contributed by atoms with Crippen molar-refractivity contribution in [2.75, 3.05) is 6.61 Å². The van der Waals surface area contributed by atoms with E-state index in [1.807, 2.05) is 92.7 Å². The van der Waals surface area contributed by atoms with Crippen molar-refractivity contribution in [1.29, 1.82) is 0 Å². The largest absolute Gasteiger partial charge is 0.459 e. The van der Waals surface area contributed by atoms with Crippen molar-refractivity contribution in [1.82, 2.24) is 16.0 Å². The number of benzene rings is 3. The van der Waals surface area contributed by atoms with Crippen molar-refractivity contribution in [2.45, 2.75) is 58.7 Å². The molecule has 1 aliphatic rings. The summed E-state index contributed by atoms with van der Waals surface area (Å²) < 4.78 is 11.0. The van der Waals surface area contributed by atoms with Gasteiger partial charge in [0.25, 0.3) is 5.91 Å². The summed E-state index contributed by atoms with van der Waals surface area (Å²) in [6, 6.07) is 22.4. The van der Waals surface area contributed by atoms with Crippen LogP contribution >= 0.6 is 0 Å². The predicted octanol–water partition coefficient (Wildman–Crippen LogP) is 5.53. The topological polar surface area (TPSA) is 123 Å². The van der Waals surface area contributed by atoms with Crippen molar-refractivity contribution in [2.24, 2.45) is 11.8 Å². The summed E-state index contributed by atoms with van der Waals surface area (Å²) in [5.74, 6) is -1.73. The van der Waals surface area contributed by atoms with Crippen molar-refractivity contribution in [3.8, 4) is 11.1 Å². The average molecular weight is 586 g/mol. The normalized spacial score (nSPS) is 13.4. The van der Waals surface area contributed by atoms with Crippen LogP contribution in [0.25, 0.3) is 11.1 Å². The number of alkyl carbamates (subject to hydrolysis) is 1. The maximum atomic E-state index is 13.0. The van der Waals surface area contributed by atoms with Gasteiger partial charge in [0.1, 0.15) is 25.3 Å². The second-order valence-corrected chi connectivity index (χ2v) is 11.4. The summed E-state index contributed by atoms with van der Waals surface area (Å²) >= 11 is 0. The minimum Gasteiger partial charge on any atom is -0.459 e. The molecular weight excluding hydrogens is 546 g/mol. The van der Waals surface area contributed by atoms with E-state index < -0.39 is 36.1 Å². The molecule has 3 aromatic rings. The molecule has 226 valence electrons. The van der Waals surface area contributed by atoms with E-state index in [-0.39, 0.29) is 31.0 Å². The van der Waals surface area contributed by atoms with Crippen LogP contribution in [-0.4, -0.2) is 42.7 Å². The zero-order valence-electron chi connectivity index (χ0n) is 25.0. The number of carbonyl (C=O) groups is 4. The molecule has 9 heteroatoms. The highest BCUT2D eigenvalue weighted by Crippen LogP contribution is 2.44. The van der Waals surface area contributed by atoms with Gasteiger partial charge in [-0.15, -0.1) is 0 Å². The Hall–Kier alpha value is -4.66. The fraction of sp³-hybridized carbons (Fsp3) is 0.353. The third-order valence-corrected chi connectivity index (χ3v) is 7.32. The number of hydrogen-bond donors (Lipinski definition) is 3. The van der Waals surface area contributed by atoms with Crippen LogP contribution in [0.5, 0.6) is 0 Å². The molecule has 0 spiro atoms. The molecule has 0 unspecified atom stereocenters. The molecule has 0 saturated heterocycles. The average Bonchev–Trinajstić information content (AvgIpc) is 3.30. The van der Waals surface area contributed by atoms with Gasteiger partial charge in [0.05, 0.1) is 0 Å². The molecule has 4 amide bonds.